The molecule has 1 N–H and O–H groups in total. The molecule has 8 heteroatoms. The maximum Gasteiger partial charge on any atom is 0.416 e. The van der Waals surface area contributed by atoms with Gasteiger partial charge in [-0.15, -0.1) is 0 Å². The van der Waals surface area contributed by atoms with Crippen LogP contribution in [0, 0.1) is 0 Å². The van der Waals surface area contributed by atoms with Gasteiger partial charge in [0.1, 0.15) is 17.2 Å². The van der Waals surface area contributed by atoms with Crippen molar-refractivity contribution in [2.75, 3.05) is 0 Å². The van der Waals surface area contributed by atoms with E-state index in [2.05, 4.69) is 15.5 Å². The highest BCUT2D eigenvalue weighted by molar-refractivity contribution is 5.92. The summed E-state index contributed by atoms with van der Waals surface area (Å²) in [7, 11) is 0. The highest BCUT2D eigenvalue weighted by atomic mass is 19.4. The summed E-state index contributed by atoms with van der Waals surface area (Å²) >= 11 is 0. The van der Waals surface area contributed by atoms with Gasteiger partial charge in [0.2, 0.25) is 0 Å². The van der Waals surface area contributed by atoms with Crippen molar-refractivity contribution in [1.82, 2.24) is 10.4 Å². The number of aromatic nitrogens is 1. The minimum atomic E-state index is -4.43. The number of hydrazone groups is 1. The first-order valence-electron chi connectivity index (χ1n) is 7.45. The quantitative estimate of drug-likeness (QED) is 0.563. The second kappa shape index (κ2) is 7.22. The Morgan fingerprint density at radius 1 is 1.12 bits per heavy atom. The summed E-state index contributed by atoms with van der Waals surface area (Å²) in [6.07, 6.45) is -1.70. The van der Waals surface area contributed by atoms with Gasteiger partial charge >= 0.3 is 6.18 Å². The molecule has 1 amide bonds. The standard InChI is InChI=1S/C18H12F3N3O2/c19-18(20,21)13-5-3-4-12(10-13)16-8-7-14(26-16)11-23-24-17(25)15-6-1-2-9-22-15/h1-11H,(H,24,25). The van der Waals surface area contributed by atoms with E-state index in [1.54, 1.807) is 12.1 Å². The first-order chi connectivity index (χ1) is 12.4. The Labute approximate surface area is 146 Å². The average molecular weight is 359 g/mol. The van der Waals surface area contributed by atoms with Crippen LogP contribution in [0.4, 0.5) is 13.2 Å². The molecule has 1 aromatic carbocycles. The third-order valence-electron chi connectivity index (χ3n) is 3.36. The van der Waals surface area contributed by atoms with Crippen molar-refractivity contribution >= 4 is 12.1 Å². The molecule has 0 saturated carbocycles. The van der Waals surface area contributed by atoms with Crippen LogP contribution in [-0.2, 0) is 6.18 Å². The molecular weight excluding hydrogens is 347 g/mol. The van der Waals surface area contributed by atoms with Crippen molar-refractivity contribution in [3.8, 4) is 11.3 Å². The average Bonchev–Trinajstić information content (AvgIpc) is 3.11. The monoisotopic (exact) mass is 359 g/mol. The Bertz CT molecular complexity index is 934. The van der Waals surface area contributed by atoms with Crippen molar-refractivity contribution in [2.24, 2.45) is 5.10 Å². The Balaban J connectivity index is 1.69. The first-order valence-corrected chi connectivity index (χ1v) is 7.45. The van der Waals surface area contributed by atoms with Crippen LogP contribution in [0.5, 0.6) is 0 Å². The summed E-state index contributed by atoms with van der Waals surface area (Å²) in [5.41, 5.74) is 2.02. The van der Waals surface area contributed by atoms with Crippen LogP contribution in [0.2, 0.25) is 0 Å². The zero-order valence-corrected chi connectivity index (χ0v) is 13.2. The van der Waals surface area contributed by atoms with Crippen molar-refractivity contribution < 1.29 is 22.4 Å². The number of carbonyl (C=O) groups is 1. The van der Waals surface area contributed by atoms with E-state index in [4.69, 9.17) is 4.42 Å². The van der Waals surface area contributed by atoms with Gasteiger partial charge in [-0.2, -0.15) is 18.3 Å². The maximum absolute atomic E-state index is 12.8. The lowest BCUT2D eigenvalue weighted by Crippen LogP contribution is -2.18. The van der Waals surface area contributed by atoms with E-state index in [9.17, 15) is 18.0 Å². The molecule has 0 saturated heterocycles. The highest BCUT2D eigenvalue weighted by Crippen LogP contribution is 2.32. The van der Waals surface area contributed by atoms with Crippen LogP contribution < -0.4 is 5.43 Å². The van der Waals surface area contributed by atoms with Crippen LogP contribution in [0.25, 0.3) is 11.3 Å². The van der Waals surface area contributed by atoms with Crippen LogP contribution in [0.3, 0.4) is 0 Å². The molecule has 0 fully saturated rings. The molecule has 26 heavy (non-hydrogen) atoms. The van der Waals surface area contributed by atoms with Crippen LogP contribution >= 0.6 is 0 Å². The van der Waals surface area contributed by atoms with E-state index in [0.29, 0.717) is 0 Å². The van der Waals surface area contributed by atoms with E-state index >= 15 is 0 Å². The summed E-state index contributed by atoms with van der Waals surface area (Å²) < 4.78 is 43.8. The lowest BCUT2D eigenvalue weighted by molar-refractivity contribution is -0.137. The number of hydrogen-bond acceptors (Lipinski definition) is 4. The Morgan fingerprint density at radius 3 is 2.69 bits per heavy atom. The minimum Gasteiger partial charge on any atom is -0.455 e. The zero-order chi connectivity index (χ0) is 18.6. The molecule has 2 heterocycles. The summed E-state index contributed by atoms with van der Waals surface area (Å²) in [6, 6.07) is 12.7. The Morgan fingerprint density at radius 2 is 1.96 bits per heavy atom. The fourth-order valence-corrected chi connectivity index (χ4v) is 2.14. The Hall–Kier alpha value is -3.42. The second-order valence-electron chi connectivity index (χ2n) is 5.19. The number of carbonyl (C=O) groups excluding carboxylic acids is 1. The molecule has 0 aliphatic carbocycles. The number of nitrogens with one attached hydrogen (secondary N) is 1. The molecule has 132 valence electrons. The number of nitrogens with zero attached hydrogens (tertiary/aromatic N) is 2. The summed E-state index contributed by atoms with van der Waals surface area (Å²) in [5, 5.41) is 3.74. The molecule has 0 aliphatic heterocycles. The van der Waals surface area contributed by atoms with Crippen molar-refractivity contribution in [1.29, 1.82) is 0 Å². The van der Waals surface area contributed by atoms with E-state index in [-0.39, 0.29) is 22.8 Å². The molecule has 0 bridgehead atoms. The second-order valence-corrected chi connectivity index (χ2v) is 5.19. The highest BCUT2D eigenvalue weighted by Gasteiger charge is 2.30. The predicted octanol–water partition coefficient (Wildman–Crippen LogP) is 4.12. The summed E-state index contributed by atoms with van der Waals surface area (Å²) in [6.45, 7) is 0. The van der Waals surface area contributed by atoms with Gasteiger partial charge in [-0.05, 0) is 36.4 Å². The maximum atomic E-state index is 12.8. The number of benzene rings is 1. The number of halogens is 3. The number of amides is 1. The summed E-state index contributed by atoms with van der Waals surface area (Å²) in [5.74, 6) is 0.0406. The van der Waals surface area contributed by atoms with Gasteiger partial charge in [-0.1, -0.05) is 18.2 Å². The largest absolute Gasteiger partial charge is 0.455 e. The molecule has 0 atom stereocenters. The van der Waals surface area contributed by atoms with Gasteiger partial charge < -0.3 is 4.42 Å². The smallest absolute Gasteiger partial charge is 0.416 e. The zero-order valence-electron chi connectivity index (χ0n) is 13.2. The van der Waals surface area contributed by atoms with E-state index in [1.807, 2.05) is 0 Å². The van der Waals surface area contributed by atoms with E-state index < -0.39 is 17.6 Å². The van der Waals surface area contributed by atoms with Crippen molar-refractivity contribution in [2.45, 2.75) is 6.18 Å². The number of furan rings is 1. The topological polar surface area (TPSA) is 67.5 Å². The predicted molar refractivity (Wildman–Crippen MR) is 88.4 cm³/mol. The molecule has 0 aliphatic rings. The van der Waals surface area contributed by atoms with Gasteiger partial charge in [0.25, 0.3) is 5.91 Å². The van der Waals surface area contributed by atoms with Gasteiger partial charge in [0, 0.05) is 11.8 Å². The van der Waals surface area contributed by atoms with Crippen LogP contribution in [0.15, 0.2) is 70.3 Å². The third-order valence-corrected chi connectivity index (χ3v) is 3.36. The first kappa shape index (κ1) is 17.4. The van der Waals surface area contributed by atoms with E-state index in [0.717, 1.165) is 12.1 Å². The molecule has 5 nitrogen and oxygen atoms in total. The fraction of sp³-hybridized carbons (Fsp3) is 0.0556. The van der Waals surface area contributed by atoms with Gasteiger partial charge in [0.15, 0.2) is 0 Å². The molecular formula is C18H12F3N3O2. The number of rotatable bonds is 4. The summed E-state index contributed by atoms with van der Waals surface area (Å²) in [4.78, 5) is 15.6. The normalized spacial score (nSPS) is 11.7. The van der Waals surface area contributed by atoms with E-state index in [1.165, 1.54) is 42.7 Å². The molecule has 0 spiro atoms. The number of pyridine rings is 1. The molecule has 3 rings (SSSR count). The lowest BCUT2D eigenvalue weighted by atomic mass is 10.1. The number of hydrogen-bond donors (Lipinski definition) is 1. The lowest BCUT2D eigenvalue weighted by Gasteiger charge is -2.07. The Kier molecular flexibility index (Phi) is 4.83. The van der Waals surface area contributed by atoms with Gasteiger partial charge in [-0.25, -0.2) is 5.43 Å². The minimum absolute atomic E-state index is 0.203. The van der Waals surface area contributed by atoms with Crippen LogP contribution in [0.1, 0.15) is 21.8 Å². The third kappa shape index (κ3) is 4.15. The molecule has 3 aromatic rings. The van der Waals surface area contributed by atoms with Crippen LogP contribution in [-0.4, -0.2) is 17.1 Å². The van der Waals surface area contributed by atoms with Gasteiger partial charge in [0.05, 0.1) is 11.8 Å². The number of alkyl halides is 3. The fourth-order valence-electron chi connectivity index (χ4n) is 2.14. The van der Waals surface area contributed by atoms with Crippen molar-refractivity contribution in [3.05, 3.63) is 77.8 Å². The molecule has 0 radical (unpaired) electrons. The molecule has 2 aromatic heterocycles. The molecule has 0 unspecified atom stereocenters. The van der Waals surface area contributed by atoms with Gasteiger partial charge in [-0.3, -0.25) is 9.78 Å². The SMILES string of the molecule is O=C(NN=Cc1ccc(-c2cccc(C(F)(F)F)c2)o1)c1ccccn1. The van der Waals surface area contributed by atoms with Crippen molar-refractivity contribution in [3.63, 3.8) is 0 Å².